The number of thioether (sulfide) groups is 4. The summed E-state index contributed by atoms with van der Waals surface area (Å²) in [6, 6.07) is 29.0. The number of aliphatic hydroxyl groups excluding tert-OH is 4. The number of amides is 4. The lowest BCUT2D eigenvalue weighted by Gasteiger charge is -2.26. The van der Waals surface area contributed by atoms with Crippen molar-refractivity contribution in [3.8, 4) is 11.1 Å². The van der Waals surface area contributed by atoms with Crippen LogP contribution in [0.4, 0.5) is 10.1 Å². The van der Waals surface area contributed by atoms with Gasteiger partial charge in [-0.2, -0.15) is 0 Å². The maximum absolute atomic E-state index is 13.1. The number of nitrogens with zero attached hydrogens (tertiary/aromatic N) is 9. The number of benzene rings is 4. The summed E-state index contributed by atoms with van der Waals surface area (Å²) >= 11 is 5.02. The van der Waals surface area contributed by atoms with Crippen molar-refractivity contribution < 1.29 is 81.1 Å². The third-order valence-corrected chi connectivity index (χ3v) is 26.6. The molecule has 4 aliphatic rings. The number of aryl methyl sites for hydroxylation is 1. The van der Waals surface area contributed by atoms with E-state index < -0.39 is 63.3 Å². The summed E-state index contributed by atoms with van der Waals surface area (Å²) in [4.78, 5) is 103. The Kier molecular flexibility index (Phi) is 40.8. The molecule has 0 radical (unpaired) electrons. The van der Waals surface area contributed by atoms with Crippen LogP contribution in [0.5, 0.6) is 0 Å². The Morgan fingerprint density at radius 3 is 1.48 bits per heavy atom. The first kappa shape index (κ1) is 108. The van der Waals surface area contributed by atoms with Gasteiger partial charge in [-0.3, -0.25) is 52.4 Å². The number of hydrogen-bond donors (Lipinski definition) is 9. The number of Topliss-reactive ketones (excluding diaryl/α,β-unsaturated/α-hetero) is 2. The number of allylic oxidation sites excluding steroid dienone is 10. The highest BCUT2D eigenvalue weighted by molar-refractivity contribution is 8.16. The summed E-state index contributed by atoms with van der Waals surface area (Å²) in [6.45, 7) is 42.3. The number of anilines is 1. The fourth-order valence-electron chi connectivity index (χ4n) is 13.2. The molecule has 9 N–H and O–H groups in total. The van der Waals surface area contributed by atoms with E-state index in [0.717, 1.165) is 92.7 Å². The maximum Gasteiger partial charge on any atom is 0.261 e. The van der Waals surface area contributed by atoms with Crippen molar-refractivity contribution in [2.45, 2.75) is 170 Å². The lowest BCUT2D eigenvalue weighted by atomic mass is 9.87. The molecule has 133 heavy (non-hydrogen) atoms. The zero-order chi connectivity index (χ0) is 98.0. The standard InChI is InChI=1S/C31H33FN6O5S2.C27H28O3S.C24H35N5O5S.C15H19N3O3S/c1-5-21(2)17-31(4)28(16-22(3)44-31)43-20-29(39)33-14-15-38-19-26(35-37-38)18-34-30(40)23-6-10-25(11-7-23)36-45(41,42)27-12-8-24(32)9-13-27;1-4-19(2)18-27(3)25(29)24(26(30)31-27)23(28)13-9-8-10-20-14-16-22(17-15-20)21-11-6-5-7-12-21;1-7-16(2)11-24(6)19(10-17(3)35-24)34-14-20(31)25-8-9-29-13-18(27-28-29)12-26-22(33)21(32)23(4,5)15-30;1-4-10(2)9-15(3)13(20)12(14(21)22-15)11(19)7-5-6-8-17-18-16/h5-13,16-17,19,36H,1,3,14-15,18,20H2,2,4H3,(H,33,39)(H,34,40);4-7,11-12,14-18,29H,1,8-10,13H2,2-3H3;7,10-11,13,21,30,32H,1,3,8-9,12,14-15H2,2,4-6H3,(H,25,31)(H,26,33);4,9,20H,1,5-8H2,2-3H3/b21-17+;19-18+;16-11+;10-9+/t31-;27-;21-,24+;15-/m1101/s1. The van der Waals surface area contributed by atoms with Gasteiger partial charge in [-0.15, -0.1) is 33.7 Å². The summed E-state index contributed by atoms with van der Waals surface area (Å²) < 4.78 is 52.4. The number of unbranched alkanes of at least 4 members (excludes halogenated alkanes) is 2. The van der Waals surface area contributed by atoms with Crippen molar-refractivity contribution in [1.29, 1.82) is 0 Å². The van der Waals surface area contributed by atoms with Crippen molar-refractivity contribution in [2.75, 3.05) is 44.2 Å². The van der Waals surface area contributed by atoms with Gasteiger partial charge in [0, 0.05) is 63.9 Å². The Morgan fingerprint density at radius 2 is 1.04 bits per heavy atom. The third kappa shape index (κ3) is 32.5. The zero-order valence-corrected chi connectivity index (χ0v) is 80.3. The second-order valence-electron chi connectivity index (χ2n) is 32.5. The first-order valence-electron chi connectivity index (χ1n) is 42.3. The van der Waals surface area contributed by atoms with Crippen LogP contribution in [-0.4, -0.2) is 169 Å². The van der Waals surface area contributed by atoms with Gasteiger partial charge in [-0.25, -0.2) is 12.8 Å². The van der Waals surface area contributed by atoms with Crippen molar-refractivity contribution in [3.63, 3.8) is 0 Å². The van der Waals surface area contributed by atoms with Gasteiger partial charge in [-0.1, -0.05) is 218 Å². The maximum atomic E-state index is 13.1. The molecule has 2 aromatic heterocycles. The van der Waals surface area contributed by atoms with E-state index in [0.29, 0.717) is 80.5 Å². The van der Waals surface area contributed by atoms with Gasteiger partial charge in [-0.05, 0) is 170 Å². The second-order valence-corrected chi connectivity index (χ2v) is 40.2. The monoisotopic (exact) mass is 1910 g/mol. The number of ketones is 2. The highest BCUT2D eigenvalue weighted by Gasteiger charge is 2.46. The first-order valence-corrected chi connectivity index (χ1v) is 47.0. The van der Waals surface area contributed by atoms with Crippen LogP contribution in [0, 0.1) is 11.2 Å². The Bertz CT molecular complexity index is 5750. The Hall–Kier alpha value is -12.4. The smallest absolute Gasteiger partial charge is 0.261 e. The van der Waals surface area contributed by atoms with E-state index in [1.165, 1.54) is 45.6 Å². The lowest BCUT2D eigenvalue weighted by Crippen LogP contribution is -2.45. The van der Waals surface area contributed by atoms with E-state index >= 15 is 0 Å². The number of hydrogen-bond acceptors (Lipinski definition) is 25. The average Bonchev–Trinajstić information content (AvgIpc) is 1.64. The van der Waals surface area contributed by atoms with Crippen LogP contribution in [0.2, 0.25) is 0 Å². The van der Waals surface area contributed by atoms with E-state index in [1.54, 1.807) is 105 Å². The molecule has 6 heterocycles. The summed E-state index contributed by atoms with van der Waals surface area (Å²) in [6.07, 6.45) is 23.8. The van der Waals surface area contributed by atoms with Crippen LogP contribution in [0.25, 0.3) is 21.6 Å². The van der Waals surface area contributed by atoms with Gasteiger partial charge in [0.2, 0.25) is 16.1 Å². The fourth-order valence-corrected chi connectivity index (χ4v) is 18.9. The van der Waals surface area contributed by atoms with Crippen LogP contribution in [0.3, 0.4) is 0 Å². The van der Waals surface area contributed by atoms with E-state index in [1.807, 2.05) is 84.0 Å². The predicted octanol–water partition coefficient (Wildman–Crippen LogP) is 16.4. The van der Waals surface area contributed by atoms with Crippen molar-refractivity contribution in [1.82, 2.24) is 51.3 Å². The van der Waals surface area contributed by atoms with Gasteiger partial charge in [0.1, 0.15) is 57.5 Å². The molecule has 0 unspecified atom stereocenters. The summed E-state index contributed by atoms with van der Waals surface area (Å²) in [5, 5.41) is 69.7. The minimum absolute atomic E-state index is 0.0483. The molecule has 10 rings (SSSR count). The highest BCUT2D eigenvalue weighted by Crippen LogP contribution is 2.50. The molecule has 6 aromatic rings. The number of halogens is 1. The number of aliphatic hydroxyl groups is 4. The molecule has 0 saturated heterocycles. The first-order chi connectivity index (χ1) is 62.9. The Morgan fingerprint density at radius 1 is 0.602 bits per heavy atom. The summed E-state index contributed by atoms with van der Waals surface area (Å²) in [7, 11) is -3.91. The summed E-state index contributed by atoms with van der Waals surface area (Å²) in [5.74, 6) is -1.75. The van der Waals surface area contributed by atoms with E-state index in [2.05, 4.69) is 133 Å². The molecular formula is C97H115FN14O16S5. The Labute approximate surface area is 792 Å². The SMILES string of the molecule is C=C/C(C)=C/[C@@]1(C)SC(=C)C=C1OCC(=O)NCCn1cc(CNC(=O)[C@H](O)C(C)(C)CO)nn1.C=C/C(C)=C/[C@@]1(C)SC(=C)C=C1OCC(=O)NCCn1cc(CNC(=O)c2ccc(NS(=O)(=O)c3ccc(F)cc3)cc2)nn1.C=C/C(C)=C/[C@@]1(C)SC(=O)C(C(=O)CCCCN=[N+]=[N-])=C1O.C=C/C(C)=C/[C@@]1(C)SC(=O)C(C(=O)CCCCc2ccc(-c3ccccc3)cc2)=C1O. The van der Waals surface area contributed by atoms with Gasteiger partial charge in [0.25, 0.3) is 27.7 Å². The minimum atomic E-state index is -3.91. The molecule has 0 saturated carbocycles. The van der Waals surface area contributed by atoms with Crippen LogP contribution >= 0.6 is 47.0 Å². The van der Waals surface area contributed by atoms with Crippen LogP contribution in [0.1, 0.15) is 135 Å². The van der Waals surface area contributed by atoms with Crippen LogP contribution in [0.15, 0.2) is 292 Å². The number of azide groups is 1. The third-order valence-electron chi connectivity index (χ3n) is 20.7. The van der Waals surface area contributed by atoms with Crippen LogP contribution < -0.4 is 26.0 Å². The molecular weight excluding hydrogens is 1800 g/mol. The molecule has 0 bridgehead atoms. The molecule has 4 amide bonds. The quantitative estimate of drug-likeness (QED) is 0.00428. The number of carbonyl (C=O) groups is 8. The van der Waals surface area contributed by atoms with Gasteiger partial charge in [0.15, 0.2) is 24.8 Å². The number of carbonyl (C=O) groups excluding carboxylic acids is 8. The summed E-state index contributed by atoms with van der Waals surface area (Å²) in [5.41, 5.74) is 15.8. The lowest BCUT2D eigenvalue weighted by molar-refractivity contribution is -0.137. The zero-order valence-electron chi connectivity index (χ0n) is 76.2. The van der Waals surface area contributed by atoms with E-state index in [4.69, 9.17) is 15.0 Å². The average molecular weight is 1910 g/mol. The molecule has 0 aliphatic carbocycles. The molecule has 4 aromatic carbocycles. The van der Waals surface area contributed by atoms with Gasteiger partial charge >= 0.3 is 0 Å². The molecule has 36 heteroatoms. The van der Waals surface area contributed by atoms with Gasteiger partial charge < -0.3 is 51.2 Å². The topological polar surface area (TPSA) is 440 Å². The number of aromatic nitrogens is 6. The predicted molar refractivity (Wildman–Crippen MR) is 522 cm³/mol. The fraction of sp³-hybridized carbons (Fsp3) is 0.340. The van der Waals surface area contributed by atoms with Crippen LogP contribution in [-0.2, 0) is 85.7 Å². The second kappa shape index (κ2) is 50.4. The van der Waals surface area contributed by atoms with Crippen molar-refractivity contribution in [3.05, 3.63) is 321 Å². The van der Waals surface area contributed by atoms with E-state index in [-0.39, 0.29) is 107 Å². The molecule has 30 nitrogen and oxygen atoms in total. The molecule has 0 fully saturated rings. The highest BCUT2D eigenvalue weighted by atomic mass is 32.2. The molecule has 706 valence electrons. The van der Waals surface area contributed by atoms with Gasteiger partial charge in [0.05, 0.1) is 69.1 Å². The molecule has 5 atom stereocenters. The van der Waals surface area contributed by atoms with Crippen molar-refractivity contribution >= 4 is 108 Å². The molecule has 0 spiro atoms. The number of ether oxygens (including phenoxy) is 2. The molecule has 4 aliphatic heterocycles. The number of rotatable bonds is 44. The van der Waals surface area contributed by atoms with Crippen molar-refractivity contribution in [2.24, 2.45) is 10.5 Å². The minimum Gasteiger partial charge on any atom is -0.510 e. The Balaban J connectivity index is 0.000000249. The number of nitrogens with one attached hydrogen (secondary N) is 5. The number of sulfonamides is 1. The normalized spacial score (nSPS) is 18.7. The van der Waals surface area contributed by atoms with E-state index in [9.17, 15) is 71.6 Å². The largest absolute Gasteiger partial charge is 0.510 e.